The molecule has 0 saturated carbocycles. The molecule has 132 valence electrons. The van der Waals surface area contributed by atoms with Crippen molar-refractivity contribution in [2.75, 3.05) is 11.9 Å². The van der Waals surface area contributed by atoms with Crippen molar-refractivity contribution in [2.24, 2.45) is 5.16 Å². The third-order valence-electron chi connectivity index (χ3n) is 3.98. The third-order valence-corrected chi connectivity index (χ3v) is 3.98. The smallest absolute Gasteiger partial charge is 0.268 e. The van der Waals surface area contributed by atoms with Crippen LogP contribution in [0.25, 0.3) is 0 Å². The van der Waals surface area contributed by atoms with Gasteiger partial charge in [0, 0.05) is 30.4 Å². The molecule has 2 aromatic rings. The van der Waals surface area contributed by atoms with Crippen LogP contribution in [0.3, 0.4) is 0 Å². The second-order valence-electron chi connectivity index (χ2n) is 5.77. The lowest BCUT2D eigenvalue weighted by atomic mass is 10.1. The molecule has 3 rings (SSSR count). The number of hydrogen-bond acceptors (Lipinski definition) is 5. The van der Waals surface area contributed by atoms with Gasteiger partial charge in [-0.25, -0.2) is 0 Å². The van der Waals surface area contributed by atoms with Gasteiger partial charge in [0.25, 0.3) is 5.91 Å². The first kappa shape index (κ1) is 17.0. The average Bonchev–Trinajstić information content (AvgIpc) is 3.23. The van der Waals surface area contributed by atoms with Crippen molar-refractivity contribution in [1.29, 1.82) is 0 Å². The minimum atomic E-state index is -0.633. The second-order valence-corrected chi connectivity index (χ2v) is 5.77. The van der Waals surface area contributed by atoms with Gasteiger partial charge in [0.1, 0.15) is 5.75 Å². The molecule has 0 saturated heterocycles. The number of carbonyl (C=O) groups is 1. The number of benzene rings is 1. The fourth-order valence-electron chi connectivity index (χ4n) is 2.66. The number of hydrogen-bond donors (Lipinski definition) is 1. The first-order valence-electron chi connectivity index (χ1n) is 8.41. The summed E-state index contributed by atoms with van der Waals surface area (Å²) in [5.41, 5.74) is 3.26. The predicted octanol–water partition coefficient (Wildman–Crippen LogP) is 2.74. The van der Waals surface area contributed by atoms with E-state index in [-0.39, 0.29) is 5.91 Å². The van der Waals surface area contributed by atoms with E-state index in [1.54, 1.807) is 12.1 Å². The monoisotopic (exact) mass is 342 g/mol. The number of rotatable bonds is 6. The summed E-state index contributed by atoms with van der Waals surface area (Å²) in [6.07, 6.45) is 1.73. The van der Waals surface area contributed by atoms with E-state index < -0.39 is 6.10 Å². The Bertz CT molecular complexity index is 780. The van der Waals surface area contributed by atoms with Crippen LogP contribution in [0.2, 0.25) is 0 Å². The van der Waals surface area contributed by atoms with Gasteiger partial charge < -0.3 is 14.9 Å². The van der Waals surface area contributed by atoms with Crippen molar-refractivity contribution in [3.8, 4) is 5.75 Å². The van der Waals surface area contributed by atoms with E-state index in [9.17, 15) is 4.79 Å². The molecule has 1 N–H and O–H groups in total. The largest absolute Gasteiger partial charge is 0.494 e. The van der Waals surface area contributed by atoms with Gasteiger partial charge in [0.2, 0.25) is 6.10 Å². The standard InChI is InChI=1S/C18H22N4O3/c1-4-22-11-15(12(3)20-22)16-10-17(25-21-16)18(23)19-13-6-8-14(9-7-13)24-5-2/h6-9,11,17H,4-5,10H2,1-3H3,(H,19,23). The van der Waals surface area contributed by atoms with Crippen molar-refractivity contribution in [1.82, 2.24) is 9.78 Å². The van der Waals surface area contributed by atoms with Crippen LogP contribution >= 0.6 is 0 Å². The summed E-state index contributed by atoms with van der Waals surface area (Å²) in [4.78, 5) is 17.7. The molecule has 1 aromatic heterocycles. The Labute approximate surface area is 146 Å². The van der Waals surface area contributed by atoms with Gasteiger partial charge in [-0.2, -0.15) is 5.10 Å². The highest BCUT2D eigenvalue weighted by Crippen LogP contribution is 2.21. The fourth-order valence-corrected chi connectivity index (χ4v) is 2.66. The maximum Gasteiger partial charge on any atom is 0.268 e. The van der Waals surface area contributed by atoms with Gasteiger partial charge in [-0.05, 0) is 45.0 Å². The quantitative estimate of drug-likeness (QED) is 0.875. The number of aromatic nitrogens is 2. The highest BCUT2D eigenvalue weighted by atomic mass is 16.6. The zero-order valence-electron chi connectivity index (χ0n) is 14.7. The van der Waals surface area contributed by atoms with E-state index in [1.807, 2.05) is 43.8 Å². The number of amides is 1. The highest BCUT2D eigenvalue weighted by Gasteiger charge is 2.30. The Kier molecular flexibility index (Phi) is 5.02. The summed E-state index contributed by atoms with van der Waals surface area (Å²) in [7, 11) is 0. The van der Waals surface area contributed by atoms with Crippen LogP contribution in [0, 0.1) is 6.92 Å². The normalized spacial score (nSPS) is 16.3. The maximum atomic E-state index is 12.4. The van der Waals surface area contributed by atoms with Crippen molar-refractivity contribution in [3.63, 3.8) is 0 Å². The van der Waals surface area contributed by atoms with Crippen molar-refractivity contribution in [2.45, 2.75) is 39.8 Å². The second kappa shape index (κ2) is 7.38. The molecule has 0 radical (unpaired) electrons. The van der Waals surface area contributed by atoms with E-state index in [0.29, 0.717) is 18.7 Å². The van der Waals surface area contributed by atoms with Crippen LogP contribution in [0.4, 0.5) is 5.69 Å². The molecule has 2 heterocycles. The van der Waals surface area contributed by atoms with Crippen LogP contribution in [0.5, 0.6) is 5.75 Å². The lowest BCUT2D eigenvalue weighted by molar-refractivity contribution is -0.125. The molecule has 0 aliphatic carbocycles. The molecule has 25 heavy (non-hydrogen) atoms. The zero-order chi connectivity index (χ0) is 17.8. The van der Waals surface area contributed by atoms with Gasteiger partial charge in [-0.1, -0.05) is 5.16 Å². The topological polar surface area (TPSA) is 77.7 Å². The fraction of sp³-hybridized carbons (Fsp3) is 0.389. The summed E-state index contributed by atoms with van der Waals surface area (Å²) in [6, 6.07) is 7.24. The maximum absolute atomic E-state index is 12.4. The summed E-state index contributed by atoms with van der Waals surface area (Å²) in [6.45, 7) is 7.27. The molecule has 0 bridgehead atoms. The predicted molar refractivity (Wildman–Crippen MR) is 94.9 cm³/mol. The Morgan fingerprint density at radius 2 is 2.12 bits per heavy atom. The first-order chi connectivity index (χ1) is 12.1. The van der Waals surface area contributed by atoms with Gasteiger partial charge in [0.05, 0.1) is 18.0 Å². The first-order valence-corrected chi connectivity index (χ1v) is 8.41. The van der Waals surface area contributed by atoms with E-state index in [0.717, 1.165) is 29.3 Å². The SMILES string of the molecule is CCOc1ccc(NC(=O)C2CC(c3cn(CC)nc3C)=NO2)cc1. The molecular formula is C18H22N4O3. The van der Waals surface area contributed by atoms with Crippen LogP contribution in [-0.4, -0.2) is 34.1 Å². The number of ether oxygens (including phenoxy) is 1. The minimum absolute atomic E-state index is 0.219. The molecule has 1 atom stereocenters. The van der Waals surface area contributed by atoms with Crippen LogP contribution in [0.15, 0.2) is 35.6 Å². The zero-order valence-corrected chi connectivity index (χ0v) is 14.7. The minimum Gasteiger partial charge on any atom is -0.494 e. The Balaban J connectivity index is 1.60. The number of carbonyl (C=O) groups excluding carboxylic acids is 1. The Morgan fingerprint density at radius 1 is 1.36 bits per heavy atom. The summed E-state index contributed by atoms with van der Waals surface area (Å²) in [5, 5.41) is 11.3. The Hall–Kier alpha value is -2.83. The van der Waals surface area contributed by atoms with Crippen LogP contribution < -0.4 is 10.1 Å². The lowest BCUT2D eigenvalue weighted by Gasteiger charge is -2.10. The third kappa shape index (κ3) is 3.81. The molecule has 1 aromatic carbocycles. The molecule has 7 heteroatoms. The van der Waals surface area contributed by atoms with Crippen molar-refractivity contribution in [3.05, 3.63) is 41.7 Å². The van der Waals surface area contributed by atoms with Gasteiger partial charge in [-0.15, -0.1) is 0 Å². The molecule has 0 spiro atoms. The molecule has 7 nitrogen and oxygen atoms in total. The van der Waals surface area contributed by atoms with E-state index >= 15 is 0 Å². The van der Waals surface area contributed by atoms with Gasteiger partial charge in [0.15, 0.2) is 0 Å². The summed E-state index contributed by atoms with van der Waals surface area (Å²) in [5.74, 6) is 0.551. The van der Waals surface area contributed by atoms with Gasteiger partial charge >= 0.3 is 0 Å². The number of anilines is 1. The Morgan fingerprint density at radius 3 is 2.76 bits per heavy atom. The molecule has 1 aliphatic rings. The summed E-state index contributed by atoms with van der Waals surface area (Å²) < 4.78 is 7.24. The average molecular weight is 342 g/mol. The van der Waals surface area contributed by atoms with Crippen LogP contribution in [0.1, 0.15) is 31.5 Å². The number of nitrogens with one attached hydrogen (secondary N) is 1. The van der Waals surface area contributed by atoms with Gasteiger partial charge in [-0.3, -0.25) is 9.48 Å². The van der Waals surface area contributed by atoms with Crippen molar-refractivity contribution >= 4 is 17.3 Å². The van der Waals surface area contributed by atoms with E-state index in [4.69, 9.17) is 9.57 Å². The molecule has 1 amide bonds. The van der Waals surface area contributed by atoms with E-state index in [2.05, 4.69) is 15.6 Å². The number of aryl methyl sites for hydroxylation is 2. The van der Waals surface area contributed by atoms with Crippen LogP contribution in [-0.2, 0) is 16.2 Å². The molecule has 1 aliphatic heterocycles. The summed E-state index contributed by atoms with van der Waals surface area (Å²) >= 11 is 0. The number of nitrogens with zero attached hydrogens (tertiary/aromatic N) is 3. The van der Waals surface area contributed by atoms with E-state index in [1.165, 1.54) is 0 Å². The molecule has 1 unspecified atom stereocenters. The lowest BCUT2D eigenvalue weighted by Crippen LogP contribution is -2.28. The van der Waals surface area contributed by atoms with Crippen molar-refractivity contribution < 1.29 is 14.4 Å². The highest BCUT2D eigenvalue weighted by molar-refractivity contribution is 6.06. The number of oxime groups is 1. The molecule has 0 fully saturated rings. The molecular weight excluding hydrogens is 320 g/mol.